The van der Waals surface area contributed by atoms with Crippen LogP contribution in [0.25, 0.3) is 5.69 Å². The first-order valence-electron chi connectivity index (χ1n) is 9.11. The molecule has 1 aliphatic heterocycles. The van der Waals surface area contributed by atoms with E-state index in [9.17, 15) is 14.9 Å². The molecule has 0 bridgehead atoms. The number of amides is 1. The Morgan fingerprint density at radius 3 is 2.55 bits per heavy atom. The van der Waals surface area contributed by atoms with Gasteiger partial charge in [-0.15, -0.1) is 0 Å². The van der Waals surface area contributed by atoms with Gasteiger partial charge in [-0.1, -0.05) is 23.7 Å². The van der Waals surface area contributed by atoms with E-state index in [1.54, 1.807) is 17.2 Å². The monoisotopic (exact) mass is 411 g/mol. The number of aromatic nitrogens is 2. The van der Waals surface area contributed by atoms with E-state index < -0.39 is 4.92 Å². The van der Waals surface area contributed by atoms with Crippen LogP contribution < -0.4 is 4.90 Å². The third-order valence-electron chi connectivity index (χ3n) is 4.86. The fraction of sp³-hybridized carbons (Fsp3) is 0.200. The normalized spacial score (nSPS) is 14.1. The lowest BCUT2D eigenvalue weighted by Gasteiger charge is -2.35. The highest BCUT2D eigenvalue weighted by atomic mass is 35.5. The molecule has 0 radical (unpaired) electrons. The summed E-state index contributed by atoms with van der Waals surface area (Å²) in [5.41, 5.74) is 1.16. The minimum absolute atomic E-state index is 0.0852. The van der Waals surface area contributed by atoms with Crippen molar-refractivity contribution >= 4 is 29.1 Å². The Kier molecular flexibility index (Phi) is 5.18. The summed E-state index contributed by atoms with van der Waals surface area (Å²) in [4.78, 5) is 31.5. The number of hydrogen-bond acceptors (Lipinski definition) is 5. The van der Waals surface area contributed by atoms with E-state index in [1.807, 2.05) is 35.0 Å². The zero-order valence-corrected chi connectivity index (χ0v) is 16.2. The number of hydrogen-bond donors (Lipinski definition) is 0. The van der Waals surface area contributed by atoms with Crippen LogP contribution >= 0.6 is 11.6 Å². The predicted molar refractivity (Wildman–Crippen MR) is 110 cm³/mol. The molecule has 0 saturated carbocycles. The second kappa shape index (κ2) is 7.92. The van der Waals surface area contributed by atoms with E-state index >= 15 is 0 Å². The summed E-state index contributed by atoms with van der Waals surface area (Å²) in [6.45, 7) is 2.23. The third-order valence-corrected chi connectivity index (χ3v) is 5.10. The first-order chi connectivity index (χ1) is 14.0. The Labute approximate surface area is 172 Å². The quantitative estimate of drug-likeness (QED) is 0.485. The largest absolute Gasteiger partial charge is 0.338 e. The Balaban J connectivity index is 1.47. The number of halogens is 1. The van der Waals surface area contributed by atoms with Crippen molar-refractivity contribution < 1.29 is 9.72 Å². The molecule has 0 spiro atoms. The Hall–Kier alpha value is -3.39. The Morgan fingerprint density at radius 1 is 1.07 bits per heavy atom. The maximum absolute atomic E-state index is 12.7. The van der Waals surface area contributed by atoms with Crippen molar-refractivity contribution in [1.29, 1.82) is 0 Å². The Bertz CT molecular complexity index is 1060. The SMILES string of the molecule is O=C(c1cccc([N+](=O)[O-])c1)N1CCN(c2nccn2-c2cccc(Cl)c2)CC1. The van der Waals surface area contributed by atoms with Crippen molar-refractivity contribution in [3.63, 3.8) is 0 Å². The van der Waals surface area contributed by atoms with Crippen molar-refractivity contribution in [2.24, 2.45) is 0 Å². The molecule has 8 nitrogen and oxygen atoms in total. The van der Waals surface area contributed by atoms with Crippen molar-refractivity contribution in [1.82, 2.24) is 14.5 Å². The minimum atomic E-state index is -0.496. The van der Waals surface area contributed by atoms with Crippen LogP contribution in [0.2, 0.25) is 5.02 Å². The van der Waals surface area contributed by atoms with Crippen LogP contribution in [0.5, 0.6) is 0 Å². The lowest BCUT2D eigenvalue weighted by atomic mass is 10.1. The molecule has 0 unspecified atom stereocenters. The van der Waals surface area contributed by atoms with E-state index in [2.05, 4.69) is 9.88 Å². The molecule has 2 heterocycles. The van der Waals surface area contributed by atoms with E-state index in [-0.39, 0.29) is 11.6 Å². The molecule has 9 heteroatoms. The van der Waals surface area contributed by atoms with Gasteiger partial charge in [-0.2, -0.15) is 0 Å². The molecular formula is C20H18ClN5O3. The number of carbonyl (C=O) groups is 1. The van der Waals surface area contributed by atoms with Crippen LogP contribution in [-0.4, -0.2) is 51.5 Å². The van der Waals surface area contributed by atoms with Gasteiger partial charge in [0.2, 0.25) is 5.95 Å². The van der Waals surface area contributed by atoms with Gasteiger partial charge in [0, 0.05) is 67.0 Å². The molecular weight excluding hydrogens is 394 g/mol. The summed E-state index contributed by atoms with van der Waals surface area (Å²) in [7, 11) is 0. The van der Waals surface area contributed by atoms with Crippen LogP contribution in [0.15, 0.2) is 60.9 Å². The maximum atomic E-state index is 12.7. The highest BCUT2D eigenvalue weighted by Gasteiger charge is 2.25. The number of carbonyl (C=O) groups excluding carboxylic acids is 1. The number of non-ortho nitro benzene ring substituents is 1. The number of piperazine rings is 1. The molecule has 1 aromatic heterocycles. The van der Waals surface area contributed by atoms with Gasteiger partial charge in [0.05, 0.1) is 4.92 Å². The van der Waals surface area contributed by atoms with Gasteiger partial charge in [0.15, 0.2) is 0 Å². The van der Waals surface area contributed by atoms with Crippen LogP contribution in [0.3, 0.4) is 0 Å². The van der Waals surface area contributed by atoms with Crippen molar-refractivity contribution in [3.05, 3.63) is 81.6 Å². The molecule has 148 valence electrons. The summed E-state index contributed by atoms with van der Waals surface area (Å²) in [5.74, 6) is 0.584. The predicted octanol–water partition coefficient (Wildman–Crippen LogP) is 3.40. The van der Waals surface area contributed by atoms with Crippen molar-refractivity contribution in [3.8, 4) is 5.69 Å². The van der Waals surface area contributed by atoms with Crippen LogP contribution in [0.1, 0.15) is 10.4 Å². The van der Waals surface area contributed by atoms with Gasteiger partial charge < -0.3 is 9.80 Å². The summed E-state index contributed by atoms with van der Waals surface area (Å²) in [5, 5.41) is 11.6. The van der Waals surface area contributed by atoms with Gasteiger partial charge in [-0.3, -0.25) is 19.5 Å². The summed E-state index contributed by atoms with van der Waals surface area (Å²) in [6, 6.07) is 13.4. The highest BCUT2D eigenvalue weighted by Crippen LogP contribution is 2.23. The van der Waals surface area contributed by atoms with Gasteiger partial charge >= 0.3 is 0 Å². The highest BCUT2D eigenvalue weighted by molar-refractivity contribution is 6.30. The molecule has 1 aliphatic rings. The third kappa shape index (κ3) is 3.93. The smallest absolute Gasteiger partial charge is 0.270 e. The van der Waals surface area contributed by atoms with Gasteiger partial charge in [-0.25, -0.2) is 4.98 Å². The number of nitro benzene ring substituents is 1. The summed E-state index contributed by atoms with van der Waals surface area (Å²) in [6.07, 6.45) is 3.61. The van der Waals surface area contributed by atoms with Crippen molar-refractivity contribution in [2.45, 2.75) is 0 Å². The summed E-state index contributed by atoms with van der Waals surface area (Å²) >= 11 is 6.11. The van der Waals surface area contributed by atoms with E-state index in [0.29, 0.717) is 36.8 Å². The lowest BCUT2D eigenvalue weighted by Crippen LogP contribution is -2.49. The lowest BCUT2D eigenvalue weighted by molar-refractivity contribution is -0.384. The molecule has 0 atom stereocenters. The second-order valence-corrected chi connectivity index (χ2v) is 7.10. The topological polar surface area (TPSA) is 84.5 Å². The molecule has 1 amide bonds. The molecule has 29 heavy (non-hydrogen) atoms. The number of nitro groups is 1. The number of benzene rings is 2. The summed E-state index contributed by atoms with van der Waals surface area (Å²) < 4.78 is 1.96. The second-order valence-electron chi connectivity index (χ2n) is 6.66. The molecule has 4 rings (SSSR count). The molecule has 3 aromatic rings. The van der Waals surface area contributed by atoms with Crippen LogP contribution in [0.4, 0.5) is 11.6 Å². The molecule has 2 aromatic carbocycles. The molecule has 1 saturated heterocycles. The fourth-order valence-corrected chi connectivity index (χ4v) is 3.59. The van der Waals surface area contributed by atoms with E-state index in [0.717, 1.165) is 11.6 Å². The van der Waals surface area contributed by atoms with Crippen LogP contribution in [-0.2, 0) is 0 Å². The van der Waals surface area contributed by atoms with Crippen molar-refractivity contribution in [2.75, 3.05) is 31.1 Å². The van der Waals surface area contributed by atoms with Crippen LogP contribution in [0, 0.1) is 10.1 Å². The van der Waals surface area contributed by atoms with E-state index in [1.165, 1.54) is 18.2 Å². The molecule has 0 aliphatic carbocycles. The number of anilines is 1. The average Bonchev–Trinajstić information content (AvgIpc) is 3.23. The number of imidazole rings is 1. The standard InChI is InChI=1S/C20H18ClN5O3/c21-16-4-2-5-17(14-16)25-8-7-22-20(25)24-11-9-23(10-12-24)19(27)15-3-1-6-18(13-15)26(28)29/h1-8,13-14H,9-12H2. The van der Waals surface area contributed by atoms with Gasteiger partial charge in [-0.05, 0) is 24.3 Å². The zero-order chi connectivity index (χ0) is 20.4. The zero-order valence-electron chi connectivity index (χ0n) is 15.4. The van der Waals surface area contributed by atoms with Gasteiger partial charge in [0.25, 0.3) is 11.6 Å². The van der Waals surface area contributed by atoms with Gasteiger partial charge in [0.1, 0.15) is 0 Å². The first-order valence-corrected chi connectivity index (χ1v) is 9.49. The fourth-order valence-electron chi connectivity index (χ4n) is 3.40. The van der Waals surface area contributed by atoms with E-state index in [4.69, 9.17) is 11.6 Å². The molecule has 0 N–H and O–H groups in total. The number of rotatable bonds is 4. The Morgan fingerprint density at radius 2 is 1.83 bits per heavy atom. The average molecular weight is 412 g/mol. The number of nitrogens with zero attached hydrogens (tertiary/aromatic N) is 5. The molecule has 1 fully saturated rings. The first kappa shape index (κ1) is 18.9. The minimum Gasteiger partial charge on any atom is -0.338 e. The maximum Gasteiger partial charge on any atom is 0.270 e.